The Bertz CT molecular complexity index is 730. The zero-order valence-corrected chi connectivity index (χ0v) is 10.1. The molecule has 1 fully saturated rings. The molecule has 18 heavy (non-hydrogen) atoms. The zero-order valence-electron chi connectivity index (χ0n) is 9.32. The second-order valence-corrected chi connectivity index (χ2v) is 5.32. The molecule has 3 heterocycles. The van der Waals surface area contributed by atoms with Crippen LogP contribution in [0.2, 0.25) is 0 Å². The van der Waals surface area contributed by atoms with Crippen molar-refractivity contribution in [2.45, 2.75) is 18.8 Å². The van der Waals surface area contributed by atoms with Crippen molar-refractivity contribution in [2.24, 2.45) is 0 Å². The molecule has 6 nitrogen and oxygen atoms in total. The number of aromatic hydroxyl groups is 1. The van der Waals surface area contributed by atoms with Gasteiger partial charge in [0.2, 0.25) is 4.96 Å². The Hall–Kier alpha value is -2.02. The number of rotatable bonds is 2. The monoisotopic (exact) mass is 259 g/mol. The molecule has 1 N–H and O–H groups in total. The number of aromatic nitrogens is 5. The Morgan fingerprint density at radius 3 is 2.94 bits per heavy atom. The number of hydrogen-bond donors (Lipinski definition) is 1. The second-order valence-electron chi connectivity index (χ2n) is 4.37. The van der Waals surface area contributed by atoms with Gasteiger partial charge in [-0.2, -0.15) is 9.61 Å². The first-order valence-electron chi connectivity index (χ1n) is 5.68. The van der Waals surface area contributed by atoms with Gasteiger partial charge in [0.1, 0.15) is 10.8 Å². The van der Waals surface area contributed by atoms with E-state index >= 15 is 0 Å². The van der Waals surface area contributed by atoms with Crippen molar-refractivity contribution in [1.82, 2.24) is 24.8 Å². The second kappa shape index (κ2) is 3.49. The summed E-state index contributed by atoms with van der Waals surface area (Å²) < 4.78 is 1.81. The fourth-order valence-corrected chi connectivity index (χ4v) is 2.72. The normalized spacial score (nSPS) is 15.3. The summed E-state index contributed by atoms with van der Waals surface area (Å²) in [6.07, 6.45) is 5.42. The Kier molecular flexibility index (Phi) is 1.93. The highest BCUT2D eigenvalue weighted by Gasteiger charge is 2.30. The summed E-state index contributed by atoms with van der Waals surface area (Å²) in [5, 5.41) is 23.0. The minimum Gasteiger partial charge on any atom is -0.506 e. The highest BCUT2D eigenvalue weighted by atomic mass is 32.1. The largest absolute Gasteiger partial charge is 0.506 e. The third-order valence-electron chi connectivity index (χ3n) is 2.93. The zero-order chi connectivity index (χ0) is 12.1. The van der Waals surface area contributed by atoms with E-state index in [0.717, 1.165) is 21.4 Å². The van der Waals surface area contributed by atoms with Crippen LogP contribution >= 0.6 is 11.3 Å². The summed E-state index contributed by atoms with van der Waals surface area (Å²) in [7, 11) is 0. The Morgan fingerprint density at radius 1 is 1.28 bits per heavy atom. The van der Waals surface area contributed by atoms with Crippen molar-refractivity contribution < 1.29 is 5.11 Å². The molecular weight excluding hydrogens is 250 g/mol. The first-order chi connectivity index (χ1) is 8.81. The molecule has 0 bridgehead atoms. The molecule has 4 rings (SSSR count). The topological polar surface area (TPSA) is 76.2 Å². The van der Waals surface area contributed by atoms with Gasteiger partial charge in [-0.15, -0.1) is 10.2 Å². The molecule has 0 atom stereocenters. The van der Waals surface area contributed by atoms with Crippen LogP contribution in [0.25, 0.3) is 15.5 Å². The SMILES string of the molecule is Oc1cncc(-c2nn3c(C4CC4)nnc3s2)c1. The van der Waals surface area contributed by atoms with Gasteiger partial charge in [-0.3, -0.25) is 4.98 Å². The number of nitrogens with zero attached hydrogens (tertiary/aromatic N) is 5. The van der Waals surface area contributed by atoms with Crippen LogP contribution in [0.3, 0.4) is 0 Å². The first kappa shape index (κ1) is 9.95. The maximum Gasteiger partial charge on any atom is 0.234 e. The van der Waals surface area contributed by atoms with E-state index in [1.54, 1.807) is 12.3 Å². The Morgan fingerprint density at radius 2 is 2.17 bits per heavy atom. The maximum absolute atomic E-state index is 9.43. The molecule has 0 aliphatic heterocycles. The van der Waals surface area contributed by atoms with E-state index < -0.39 is 0 Å². The van der Waals surface area contributed by atoms with E-state index in [1.807, 2.05) is 4.52 Å². The standard InChI is InChI=1S/C11H9N5OS/c17-8-3-7(4-12-5-8)10-15-16-9(6-1-2-6)13-14-11(16)18-10/h3-6,17H,1-2H2. The van der Waals surface area contributed by atoms with E-state index in [4.69, 9.17) is 0 Å². The van der Waals surface area contributed by atoms with Crippen molar-refractivity contribution >= 4 is 16.3 Å². The summed E-state index contributed by atoms with van der Waals surface area (Å²) in [4.78, 5) is 4.74. The summed E-state index contributed by atoms with van der Waals surface area (Å²) in [6.45, 7) is 0. The van der Waals surface area contributed by atoms with Crippen molar-refractivity contribution in [3.8, 4) is 16.3 Å². The lowest BCUT2D eigenvalue weighted by Crippen LogP contribution is -1.93. The predicted molar refractivity (Wildman–Crippen MR) is 65.5 cm³/mol. The summed E-state index contributed by atoms with van der Waals surface area (Å²) >= 11 is 1.45. The van der Waals surface area contributed by atoms with Crippen LogP contribution in [0.15, 0.2) is 18.5 Å². The maximum atomic E-state index is 9.43. The lowest BCUT2D eigenvalue weighted by Gasteiger charge is -1.95. The van der Waals surface area contributed by atoms with E-state index in [1.165, 1.54) is 30.4 Å². The van der Waals surface area contributed by atoms with E-state index in [0.29, 0.717) is 5.92 Å². The molecule has 1 aliphatic rings. The predicted octanol–water partition coefficient (Wildman–Crippen LogP) is 1.83. The van der Waals surface area contributed by atoms with Gasteiger partial charge < -0.3 is 5.11 Å². The van der Waals surface area contributed by atoms with Gasteiger partial charge in [0, 0.05) is 17.7 Å². The fraction of sp³-hybridized carbons (Fsp3) is 0.273. The molecule has 0 aromatic carbocycles. The van der Waals surface area contributed by atoms with Crippen molar-refractivity contribution in [2.75, 3.05) is 0 Å². The van der Waals surface area contributed by atoms with Crippen LogP contribution < -0.4 is 0 Å². The van der Waals surface area contributed by atoms with E-state index in [9.17, 15) is 5.11 Å². The molecule has 3 aromatic heterocycles. The van der Waals surface area contributed by atoms with Crippen LogP contribution in [-0.4, -0.2) is 29.9 Å². The van der Waals surface area contributed by atoms with Gasteiger partial charge in [-0.05, 0) is 18.9 Å². The van der Waals surface area contributed by atoms with Crippen molar-refractivity contribution in [1.29, 1.82) is 0 Å². The third-order valence-corrected chi connectivity index (χ3v) is 3.88. The minimum absolute atomic E-state index is 0.140. The molecule has 1 aliphatic carbocycles. The molecule has 0 spiro atoms. The molecule has 3 aromatic rings. The van der Waals surface area contributed by atoms with Gasteiger partial charge in [0.25, 0.3) is 0 Å². The fourth-order valence-electron chi connectivity index (χ4n) is 1.89. The molecule has 90 valence electrons. The number of pyridine rings is 1. The van der Waals surface area contributed by atoms with Crippen LogP contribution in [0.5, 0.6) is 5.75 Å². The van der Waals surface area contributed by atoms with Gasteiger partial charge >= 0.3 is 0 Å². The number of hydrogen-bond acceptors (Lipinski definition) is 6. The lowest BCUT2D eigenvalue weighted by molar-refractivity contribution is 0.473. The first-order valence-corrected chi connectivity index (χ1v) is 6.49. The molecule has 0 radical (unpaired) electrons. The summed E-state index contributed by atoms with van der Waals surface area (Å²) in [6, 6.07) is 1.65. The quantitative estimate of drug-likeness (QED) is 0.759. The lowest BCUT2D eigenvalue weighted by atomic mass is 10.3. The van der Waals surface area contributed by atoms with Crippen molar-refractivity contribution in [3.05, 3.63) is 24.3 Å². The summed E-state index contributed by atoms with van der Waals surface area (Å²) in [5.74, 6) is 1.60. The van der Waals surface area contributed by atoms with Crippen LogP contribution in [0, 0.1) is 0 Å². The van der Waals surface area contributed by atoms with Crippen LogP contribution in [-0.2, 0) is 0 Å². The van der Waals surface area contributed by atoms with E-state index in [-0.39, 0.29) is 5.75 Å². The third kappa shape index (κ3) is 1.47. The Balaban J connectivity index is 1.86. The van der Waals surface area contributed by atoms with E-state index in [2.05, 4.69) is 20.3 Å². The van der Waals surface area contributed by atoms with Gasteiger partial charge in [-0.25, -0.2) is 0 Å². The average Bonchev–Trinajstić information content (AvgIpc) is 2.99. The molecular formula is C11H9N5OS. The van der Waals surface area contributed by atoms with Gasteiger partial charge in [-0.1, -0.05) is 11.3 Å². The molecule has 7 heteroatoms. The van der Waals surface area contributed by atoms with Gasteiger partial charge in [0.15, 0.2) is 5.82 Å². The van der Waals surface area contributed by atoms with Crippen LogP contribution in [0.1, 0.15) is 24.6 Å². The molecule has 0 amide bonds. The van der Waals surface area contributed by atoms with Crippen LogP contribution in [0.4, 0.5) is 0 Å². The van der Waals surface area contributed by atoms with Crippen molar-refractivity contribution in [3.63, 3.8) is 0 Å². The molecule has 0 unspecified atom stereocenters. The highest BCUT2D eigenvalue weighted by Crippen LogP contribution is 2.39. The summed E-state index contributed by atoms with van der Waals surface area (Å²) in [5.41, 5.74) is 0.798. The molecule has 0 saturated heterocycles. The Labute approximate surface area is 106 Å². The minimum atomic E-state index is 0.140. The highest BCUT2D eigenvalue weighted by molar-refractivity contribution is 7.19. The smallest absolute Gasteiger partial charge is 0.234 e. The average molecular weight is 259 g/mol. The number of fused-ring (bicyclic) bond motifs is 1. The van der Waals surface area contributed by atoms with Gasteiger partial charge in [0.05, 0.1) is 6.20 Å². The molecule has 1 saturated carbocycles.